The normalized spacial score (nSPS) is 16.5. The molecule has 114 valence electrons. The monoisotopic (exact) mass is 290 g/mol. The Balaban J connectivity index is 2.10. The summed E-state index contributed by atoms with van der Waals surface area (Å²) in [6.07, 6.45) is 3.66. The van der Waals surface area contributed by atoms with Crippen molar-refractivity contribution in [2.24, 2.45) is 5.41 Å². The van der Waals surface area contributed by atoms with Crippen LogP contribution in [0.3, 0.4) is 0 Å². The fourth-order valence-corrected chi connectivity index (χ4v) is 3.03. The van der Waals surface area contributed by atoms with Gasteiger partial charge in [-0.05, 0) is 44.0 Å². The lowest BCUT2D eigenvalue weighted by Gasteiger charge is -2.24. The molecule has 0 amide bonds. The maximum atomic E-state index is 12.4. The van der Waals surface area contributed by atoms with Crippen molar-refractivity contribution in [3.63, 3.8) is 0 Å². The summed E-state index contributed by atoms with van der Waals surface area (Å²) >= 11 is 0. The van der Waals surface area contributed by atoms with Gasteiger partial charge in [-0.15, -0.1) is 0 Å². The number of Topliss-reactive ketones (excluding diaryl/α,β-unsaturated/α-hetero) is 1. The molecule has 21 heavy (non-hydrogen) atoms. The van der Waals surface area contributed by atoms with E-state index in [1.807, 2.05) is 6.92 Å². The number of benzene rings is 1. The van der Waals surface area contributed by atoms with Gasteiger partial charge in [0.1, 0.15) is 5.75 Å². The van der Waals surface area contributed by atoms with Crippen LogP contribution in [-0.4, -0.2) is 25.5 Å². The first-order valence-corrected chi connectivity index (χ1v) is 7.46. The first-order chi connectivity index (χ1) is 10.1. The highest BCUT2D eigenvalue weighted by Crippen LogP contribution is 2.43. The first-order valence-electron chi connectivity index (χ1n) is 7.46. The molecule has 0 radical (unpaired) electrons. The number of esters is 1. The summed E-state index contributed by atoms with van der Waals surface area (Å²) in [5.41, 5.74) is -0.00151. The van der Waals surface area contributed by atoms with Crippen LogP contribution >= 0.6 is 0 Å². The van der Waals surface area contributed by atoms with E-state index >= 15 is 0 Å². The van der Waals surface area contributed by atoms with E-state index in [0.29, 0.717) is 12.2 Å². The van der Waals surface area contributed by atoms with E-state index < -0.39 is 5.41 Å². The number of ketones is 1. The van der Waals surface area contributed by atoms with Gasteiger partial charge in [0, 0.05) is 12.0 Å². The van der Waals surface area contributed by atoms with E-state index in [9.17, 15) is 9.59 Å². The summed E-state index contributed by atoms with van der Waals surface area (Å²) in [4.78, 5) is 24.5. The molecule has 1 aliphatic carbocycles. The summed E-state index contributed by atoms with van der Waals surface area (Å²) in [5, 5.41) is 0. The lowest BCUT2D eigenvalue weighted by atomic mass is 9.80. The fraction of sp³-hybridized carbons (Fsp3) is 0.529. The molecule has 1 fully saturated rings. The lowest BCUT2D eigenvalue weighted by molar-refractivity contribution is -0.152. The molecule has 1 aliphatic rings. The molecule has 0 N–H and O–H groups in total. The fourth-order valence-electron chi connectivity index (χ4n) is 3.03. The quantitative estimate of drug-likeness (QED) is 0.595. The Labute approximate surface area is 125 Å². The zero-order valence-electron chi connectivity index (χ0n) is 12.7. The minimum absolute atomic E-state index is 0.00894. The van der Waals surface area contributed by atoms with Gasteiger partial charge in [0.2, 0.25) is 0 Å². The number of ether oxygens (including phenoxy) is 2. The molecule has 0 aliphatic heterocycles. The molecule has 0 atom stereocenters. The first kappa shape index (κ1) is 15.5. The largest absolute Gasteiger partial charge is 0.494 e. The highest BCUT2D eigenvalue weighted by Gasteiger charge is 2.43. The van der Waals surface area contributed by atoms with E-state index in [-0.39, 0.29) is 18.2 Å². The topological polar surface area (TPSA) is 52.6 Å². The smallest absolute Gasteiger partial charge is 0.312 e. The molecule has 0 saturated heterocycles. The van der Waals surface area contributed by atoms with Gasteiger partial charge in [-0.3, -0.25) is 9.59 Å². The molecular weight excluding hydrogens is 268 g/mol. The predicted octanol–water partition coefficient (Wildman–Crippen LogP) is 3.39. The van der Waals surface area contributed by atoms with Gasteiger partial charge in [0.15, 0.2) is 5.78 Å². The maximum Gasteiger partial charge on any atom is 0.312 e. The van der Waals surface area contributed by atoms with Crippen LogP contribution in [0.1, 0.15) is 49.4 Å². The molecule has 1 saturated carbocycles. The van der Waals surface area contributed by atoms with Crippen LogP contribution in [0.15, 0.2) is 24.3 Å². The van der Waals surface area contributed by atoms with E-state index in [0.717, 1.165) is 31.4 Å². The van der Waals surface area contributed by atoms with Crippen molar-refractivity contribution < 1.29 is 19.1 Å². The molecule has 0 aromatic heterocycles. The van der Waals surface area contributed by atoms with Gasteiger partial charge in [0.05, 0.1) is 19.1 Å². The molecule has 0 bridgehead atoms. The second kappa shape index (κ2) is 6.74. The molecule has 4 heteroatoms. The van der Waals surface area contributed by atoms with E-state index in [1.54, 1.807) is 24.3 Å². The van der Waals surface area contributed by atoms with Gasteiger partial charge in [-0.1, -0.05) is 12.8 Å². The van der Waals surface area contributed by atoms with Gasteiger partial charge >= 0.3 is 5.97 Å². The van der Waals surface area contributed by atoms with Crippen LogP contribution in [-0.2, 0) is 9.53 Å². The van der Waals surface area contributed by atoms with Crippen LogP contribution in [0.4, 0.5) is 0 Å². The summed E-state index contributed by atoms with van der Waals surface area (Å²) in [6, 6.07) is 7.09. The molecule has 1 aromatic rings. The van der Waals surface area contributed by atoms with Crippen LogP contribution in [0, 0.1) is 5.41 Å². The third-order valence-electron chi connectivity index (χ3n) is 4.17. The SMILES string of the molecule is CCOc1ccc(C(=O)CC2(C(=O)OC)CCCC2)cc1. The molecule has 4 nitrogen and oxygen atoms in total. The predicted molar refractivity (Wildman–Crippen MR) is 79.5 cm³/mol. The Morgan fingerprint density at radius 3 is 2.29 bits per heavy atom. The second-order valence-electron chi connectivity index (χ2n) is 5.54. The number of carbonyl (C=O) groups excluding carboxylic acids is 2. The van der Waals surface area contributed by atoms with Gasteiger partial charge < -0.3 is 9.47 Å². The van der Waals surface area contributed by atoms with Crippen molar-refractivity contribution in [1.82, 2.24) is 0 Å². The van der Waals surface area contributed by atoms with Crippen LogP contribution in [0.25, 0.3) is 0 Å². The zero-order valence-corrected chi connectivity index (χ0v) is 12.7. The van der Waals surface area contributed by atoms with E-state index in [1.165, 1.54) is 7.11 Å². The van der Waals surface area contributed by atoms with Crippen LogP contribution in [0.5, 0.6) is 5.75 Å². The van der Waals surface area contributed by atoms with Crippen LogP contribution < -0.4 is 4.74 Å². The lowest BCUT2D eigenvalue weighted by Crippen LogP contribution is -2.32. The van der Waals surface area contributed by atoms with E-state index in [4.69, 9.17) is 9.47 Å². The second-order valence-corrected chi connectivity index (χ2v) is 5.54. The Kier molecular flexibility index (Phi) is 4.99. The molecular formula is C17H22O4. The molecule has 2 rings (SSSR count). The summed E-state index contributed by atoms with van der Waals surface area (Å²) in [7, 11) is 1.39. The Morgan fingerprint density at radius 1 is 1.14 bits per heavy atom. The third kappa shape index (κ3) is 3.43. The highest BCUT2D eigenvalue weighted by molar-refractivity contribution is 5.99. The maximum absolute atomic E-state index is 12.4. The average molecular weight is 290 g/mol. The summed E-state index contributed by atoms with van der Waals surface area (Å²) in [6.45, 7) is 2.51. The molecule has 0 heterocycles. The highest BCUT2D eigenvalue weighted by atomic mass is 16.5. The molecule has 1 aromatic carbocycles. The van der Waals surface area contributed by atoms with Gasteiger partial charge in [0.25, 0.3) is 0 Å². The minimum atomic E-state index is -0.621. The number of carbonyl (C=O) groups is 2. The third-order valence-corrected chi connectivity index (χ3v) is 4.17. The van der Waals surface area contributed by atoms with Crippen LogP contribution in [0.2, 0.25) is 0 Å². The van der Waals surface area contributed by atoms with Gasteiger partial charge in [-0.25, -0.2) is 0 Å². The Bertz CT molecular complexity index is 498. The van der Waals surface area contributed by atoms with E-state index in [2.05, 4.69) is 0 Å². The molecule has 0 unspecified atom stereocenters. The van der Waals surface area contributed by atoms with Crippen molar-refractivity contribution in [1.29, 1.82) is 0 Å². The zero-order chi connectivity index (χ0) is 15.3. The van der Waals surface area contributed by atoms with Crippen molar-refractivity contribution in [3.05, 3.63) is 29.8 Å². The number of hydrogen-bond donors (Lipinski definition) is 0. The summed E-state index contributed by atoms with van der Waals surface area (Å²) in [5.74, 6) is 0.488. The Hall–Kier alpha value is -1.84. The average Bonchev–Trinajstić information content (AvgIpc) is 2.97. The van der Waals surface area contributed by atoms with Crippen molar-refractivity contribution in [2.45, 2.75) is 39.0 Å². The minimum Gasteiger partial charge on any atom is -0.494 e. The molecule has 0 spiro atoms. The standard InChI is InChI=1S/C17H22O4/c1-3-21-14-8-6-13(7-9-14)15(18)12-17(16(19)20-2)10-4-5-11-17/h6-9H,3-5,10-12H2,1-2H3. The van der Waals surface area contributed by atoms with Crippen molar-refractivity contribution in [2.75, 3.05) is 13.7 Å². The number of methoxy groups -OCH3 is 1. The van der Waals surface area contributed by atoms with Crippen molar-refractivity contribution >= 4 is 11.8 Å². The summed E-state index contributed by atoms with van der Waals surface area (Å²) < 4.78 is 10.3. The number of rotatable bonds is 6. The number of hydrogen-bond acceptors (Lipinski definition) is 4. The van der Waals surface area contributed by atoms with Gasteiger partial charge in [-0.2, -0.15) is 0 Å². The Morgan fingerprint density at radius 2 is 1.76 bits per heavy atom. The van der Waals surface area contributed by atoms with Crippen molar-refractivity contribution in [3.8, 4) is 5.75 Å².